The summed E-state index contributed by atoms with van der Waals surface area (Å²) in [4.78, 5) is 0. The molecule has 0 saturated carbocycles. The van der Waals surface area contributed by atoms with Crippen molar-refractivity contribution in [1.29, 1.82) is 0 Å². The lowest BCUT2D eigenvalue weighted by Crippen LogP contribution is -2.00. The molecule has 0 bridgehead atoms. The standard InChI is InChI=1S/C14H14F2N2O/c1-8-3-4-9(15)12(5-8)18-13-7-14(19-2)11(17)6-10(13)16/h3-7,18H,17H2,1-2H3. The predicted octanol–water partition coefficient (Wildman–Crippen LogP) is 3.61. The fraction of sp³-hybridized carbons (Fsp3) is 0.143. The number of ether oxygens (including phenoxy) is 1. The summed E-state index contributed by atoms with van der Waals surface area (Å²) in [6, 6.07) is 7.09. The Morgan fingerprint density at radius 3 is 2.42 bits per heavy atom. The summed E-state index contributed by atoms with van der Waals surface area (Å²) in [6.07, 6.45) is 0. The van der Waals surface area contributed by atoms with Crippen LogP contribution in [0.1, 0.15) is 5.56 Å². The second-order valence-corrected chi connectivity index (χ2v) is 4.18. The fourth-order valence-corrected chi connectivity index (χ4v) is 1.72. The number of rotatable bonds is 3. The van der Waals surface area contributed by atoms with Crippen molar-refractivity contribution in [1.82, 2.24) is 0 Å². The highest BCUT2D eigenvalue weighted by Crippen LogP contribution is 2.31. The lowest BCUT2D eigenvalue weighted by Gasteiger charge is -2.12. The first-order chi connectivity index (χ1) is 9.01. The van der Waals surface area contributed by atoms with Crippen molar-refractivity contribution in [2.75, 3.05) is 18.2 Å². The number of nitrogens with two attached hydrogens (primary N) is 1. The smallest absolute Gasteiger partial charge is 0.148 e. The summed E-state index contributed by atoms with van der Waals surface area (Å²) in [5.74, 6) is -0.697. The van der Waals surface area contributed by atoms with E-state index in [1.807, 2.05) is 6.92 Å². The van der Waals surface area contributed by atoms with E-state index in [2.05, 4.69) is 5.32 Å². The Bertz CT molecular complexity index is 615. The molecule has 2 aromatic carbocycles. The van der Waals surface area contributed by atoms with Crippen molar-refractivity contribution in [3.63, 3.8) is 0 Å². The van der Waals surface area contributed by atoms with Crippen LogP contribution in [0.2, 0.25) is 0 Å². The number of nitrogen functional groups attached to an aromatic ring is 1. The molecule has 0 aliphatic carbocycles. The summed E-state index contributed by atoms with van der Waals surface area (Å²) in [5, 5.41) is 2.70. The van der Waals surface area contributed by atoms with Crippen LogP contribution in [-0.2, 0) is 0 Å². The zero-order valence-corrected chi connectivity index (χ0v) is 10.6. The zero-order valence-electron chi connectivity index (χ0n) is 10.6. The van der Waals surface area contributed by atoms with Crippen LogP contribution in [-0.4, -0.2) is 7.11 Å². The second-order valence-electron chi connectivity index (χ2n) is 4.18. The largest absolute Gasteiger partial charge is 0.495 e. The molecule has 0 radical (unpaired) electrons. The van der Waals surface area contributed by atoms with Gasteiger partial charge >= 0.3 is 0 Å². The van der Waals surface area contributed by atoms with Crippen LogP contribution in [0.3, 0.4) is 0 Å². The molecule has 2 rings (SSSR count). The van der Waals surface area contributed by atoms with Gasteiger partial charge in [0.05, 0.1) is 24.2 Å². The van der Waals surface area contributed by atoms with E-state index in [9.17, 15) is 8.78 Å². The number of hydrogen-bond donors (Lipinski definition) is 2. The molecule has 3 N–H and O–H groups in total. The van der Waals surface area contributed by atoms with Crippen molar-refractivity contribution in [3.05, 3.63) is 47.5 Å². The van der Waals surface area contributed by atoms with Crippen molar-refractivity contribution >= 4 is 17.1 Å². The maximum absolute atomic E-state index is 13.8. The van der Waals surface area contributed by atoms with E-state index in [4.69, 9.17) is 10.5 Å². The van der Waals surface area contributed by atoms with Gasteiger partial charge in [0.1, 0.15) is 17.4 Å². The molecule has 0 aliphatic rings. The monoisotopic (exact) mass is 264 g/mol. The number of benzene rings is 2. The maximum atomic E-state index is 13.8. The second kappa shape index (κ2) is 5.14. The van der Waals surface area contributed by atoms with Crippen LogP contribution in [0.4, 0.5) is 25.8 Å². The van der Waals surface area contributed by atoms with Crippen molar-refractivity contribution in [2.45, 2.75) is 6.92 Å². The Hall–Kier alpha value is -2.30. The first-order valence-electron chi connectivity index (χ1n) is 5.67. The van der Waals surface area contributed by atoms with E-state index in [1.165, 1.54) is 19.2 Å². The minimum absolute atomic E-state index is 0.107. The number of hydrogen-bond acceptors (Lipinski definition) is 3. The Morgan fingerprint density at radius 1 is 1.05 bits per heavy atom. The van der Waals surface area contributed by atoms with E-state index in [-0.39, 0.29) is 17.1 Å². The van der Waals surface area contributed by atoms with Gasteiger partial charge in [-0.05, 0) is 24.6 Å². The molecule has 100 valence electrons. The number of nitrogens with one attached hydrogen (secondary N) is 1. The molecule has 0 amide bonds. The first-order valence-corrected chi connectivity index (χ1v) is 5.67. The molecule has 0 saturated heterocycles. The fourth-order valence-electron chi connectivity index (χ4n) is 1.72. The Balaban J connectivity index is 2.40. The molecular formula is C14H14F2N2O. The van der Waals surface area contributed by atoms with Crippen LogP contribution in [0.5, 0.6) is 5.75 Å². The third-order valence-corrected chi connectivity index (χ3v) is 2.71. The van der Waals surface area contributed by atoms with Crippen molar-refractivity contribution < 1.29 is 13.5 Å². The van der Waals surface area contributed by atoms with Crippen LogP contribution >= 0.6 is 0 Å². The molecule has 0 spiro atoms. The summed E-state index contributed by atoms with van der Waals surface area (Å²) in [6.45, 7) is 1.82. The lowest BCUT2D eigenvalue weighted by molar-refractivity contribution is 0.416. The number of methoxy groups -OCH3 is 1. The number of aryl methyl sites for hydroxylation is 1. The van der Waals surface area contributed by atoms with Gasteiger partial charge in [-0.15, -0.1) is 0 Å². The van der Waals surface area contributed by atoms with Gasteiger partial charge in [-0.2, -0.15) is 0 Å². The molecule has 5 heteroatoms. The minimum Gasteiger partial charge on any atom is -0.495 e. The molecule has 0 fully saturated rings. The summed E-state index contributed by atoms with van der Waals surface area (Å²) in [7, 11) is 1.43. The molecule has 2 aromatic rings. The highest BCUT2D eigenvalue weighted by atomic mass is 19.1. The van der Waals surface area contributed by atoms with E-state index in [0.29, 0.717) is 5.75 Å². The molecule has 3 nitrogen and oxygen atoms in total. The van der Waals surface area contributed by atoms with Gasteiger partial charge in [0.25, 0.3) is 0 Å². The van der Waals surface area contributed by atoms with Crippen LogP contribution in [0.25, 0.3) is 0 Å². The van der Waals surface area contributed by atoms with Gasteiger partial charge in [0, 0.05) is 12.1 Å². The van der Waals surface area contributed by atoms with Gasteiger partial charge in [0.2, 0.25) is 0 Å². The van der Waals surface area contributed by atoms with Gasteiger partial charge in [-0.1, -0.05) is 6.07 Å². The molecule has 0 unspecified atom stereocenters. The van der Waals surface area contributed by atoms with Crippen LogP contribution < -0.4 is 15.8 Å². The third kappa shape index (κ3) is 2.76. The quantitative estimate of drug-likeness (QED) is 0.832. The van der Waals surface area contributed by atoms with Crippen LogP contribution in [0, 0.1) is 18.6 Å². The van der Waals surface area contributed by atoms with Crippen molar-refractivity contribution in [3.8, 4) is 5.75 Å². The van der Waals surface area contributed by atoms with Gasteiger partial charge in [0.15, 0.2) is 0 Å². The average molecular weight is 264 g/mol. The van der Waals surface area contributed by atoms with Crippen molar-refractivity contribution in [2.24, 2.45) is 0 Å². The molecular weight excluding hydrogens is 250 g/mol. The zero-order chi connectivity index (χ0) is 14.0. The molecule has 0 heterocycles. The Labute approximate surface area is 110 Å². The molecule has 0 atom stereocenters. The topological polar surface area (TPSA) is 47.3 Å². The lowest BCUT2D eigenvalue weighted by atomic mass is 10.2. The molecule has 0 aromatic heterocycles. The molecule has 0 aliphatic heterocycles. The van der Waals surface area contributed by atoms with Gasteiger partial charge < -0.3 is 15.8 Å². The summed E-state index contributed by atoms with van der Waals surface area (Å²) < 4.78 is 32.4. The normalized spacial score (nSPS) is 10.3. The third-order valence-electron chi connectivity index (χ3n) is 2.71. The first kappa shape index (κ1) is 13.1. The van der Waals surface area contributed by atoms with E-state index in [1.54, 1.807) is 12.1 Å². The van der Waals surface area contributed by atoms with E-state index >= 15 is 0 Å². The van der Waals surface area contributed by atoms with E-state index < -0.39 is 11.6 Å². The summed E-state index contributed by atoms with van der Waals surface area (Å²) >= 11 is 0. The number of halogens is 2. The van der Waals surface area contributed by atoms with Gasteiger partial charge in [-0.3, -0.25) is 0 Å². The average Bonchev–Trinajstić information content (AvgIpc) is 2.37. The number of anilines is 3. The Kier molecular flexibility index (Phi) is 3.55. The SMILES string of the molecule is COc1cc(Nc2cc(C)ccc2F)c(F)cc1N. The maximum Gasteiger partial charge on any atom is 0.148 e. The summed E-state index contributed by atoms with van der Waals surface area (Å²) in [5.41, 5.74) is 6.95. The highest BCUT2D eigenvalue weighted by molar-refractivity contribution is 5.68. The Morgan fingerprint density at radius 2 is 1.74 bits per heavy atom. The van der Waals surface area contributed by atoms with Crippen LogP contribution in [0.15, 0.2) is 30.3 Å². The molecule has 19 heavy (non-hydrogen) atoms. The predicted molar refractivity (Wildman–Crippen MR) is 71.8 cm³/mol. The van der Waals surface area contributed by atoms with Gasteiger partial charge in [-0.25, -0.2) is 8.78 Å². The highest BCUT2D eigenvalue weighted by Gasteiger charge is 2.10. The van der Waals surface area contributed by atoms with E-state index in [0.717, 1.165) is 11.6 Å². The minimum atomic E-state index is -0.570.